The maximum Gasteiger partial charge on any atom is 0.0928 e. The Hall–Kier alpha value is -0.590. The van der Waals surface area contributed by atoms with Crippen LogP contribution in [-0.4, -0.2) is 12.6 Å². The number of hydrogen-bond acceptors (Lipinski definition) is 3. The lowest BCUT2D eigenvalue weighted by Gasteiger charge is -1.98. The average Bonchev–Trinajstić information content (AvgIpc) is 1.89. The first-order valence-corrected chi connectivity index (χ1v) is 3.16. The molecule has 0 fully saturated rings. The number of unbranched alkanes of at least 4 members (excludes halogenated alkanes) is 1. The second-order valence-electron chi connectivity index (χ2n) is 2.02. The fourth-order valence-electron chi connectivity index (χ4n) is 0.573. The van der Waals surface area contributed by atoms with Gasteiger partial charge in [0.25, 0.3) is 0 Å². The SMILES string of the molecule is N#C[C@@H](N)CCCCN. The van der Waals surface area contributed by atoms with Crippen LogP contribution in [0.4, 0.5) is 0 Å². The van der Waals surface area contributed by atoms with E-state index >= 15 is 0 Å². The largest absolute Gasteiger partial charge is 0.330 e. The molecule has 0 amide bonds. The van der Waals surface area contributed by atoms with E-state index in [2.05, 4.69) is 0 Å². The Morgan fingerprint density at radius 1 is 1.44 bits per heavy atom. The predicted molar refractivity (Wildman–Crippen MR) is 36.5 cm³/mol. The zero-order valence-electron chi connectivity index (χ0n) is 5.51. The lowest BCUT2D eigenvalue weighted by Crippen LogP contribution is -2.17. The van der Waals surface area contributed by atoms with Crippen LogP contribution in [0, 0.1) is 11.3 Å². The maximum absolute atomic E-state index is 8.23. The second kappa shape index (κ2) is 5.54. The summed E-state index contributed by atoms with van der Waals surface area (Å²) in [6.07, 6.45) is 2.70. The first-order chi connectivity index (χ1) is 4.31. The van der Waals surface area contributed by atoms with Gasteiger partial charge in [-0.1, -0.05) is 0 Å². The summed E-state index contributed by atoms with van der Waals surface area (Å²) in [4.78, 5) is 0. The van der Waals surface area contributed by atoms with E-state index < -0.39 is 0 Å². The van der Waals surface area contributed by atoms with Gasteiger partial charge in [-0.05, 0) is 25.8 Å². The molecule has 4 N–H and O–H groups in total. The van der Waals surface area contributed by atoms with Crippen LogP contribution in [0.2, 0.25) is 0 Å². The van der Waals surface area contributed by atoms with E-state index in [1.807, 2.05) is 6.07 Å². The van der Waals surface area contributed by atoms with E-state index in [1.165, 1.54) is 0 Å². The third-order valence-electron chi connectivity index (χ3n) is 1.14. The maximum atomic E-state index is 8.23. The molecule has 0 bridgehead atoms. The Bertz CT molecular complexity index is 95.0. The van der Waals surface area contributed by atoms with Gasteiger partial charge in [0.05, 0.1) is 12.1 Å². The van der Waals surface area contributed by atoms with Gasteiger partial charge in [-0.15, -0.1) is 0 Å². The molecule has 0 radical (unpaired) electrons. The van der Waals surface area contributed by atoms with Crippen LogP contribution in [0.3, 0.4) is 0 Å². The van der Waals surface area contributed by atoms with E-state index in [0.29, 0.717) is 6.54 Å². The molecule has 52 valence electrons. The van der Waals surface area contributed by atoms with Crippen molar-refractivity contribution in [3.8, 4) is 6.07 Å². The molecule has 3 nitrogen and oxygen atoms in total. The second-order valence-corrected chi connectivity index (χ2v) is 2.02. The fraction of sp³-hybridized carbons (Fsp3) is 0.833. The van der Waals surface area contributed by atoms with E-state index in [4.69, 9.17) is 16.7 Å². The average molecular weight is 127 g/mol. The molecule has 0 spiro atoms. The molecular weight excluding hydrogens is 114 g/mol. The minimum absolute atomic E-state index is 0.295. The van der Waals surface area contributed by atoms with Crippen LogP contribution < -0.4 is 11.5 Å². The van der Waals surface area contributed by atoms with E-state index in [1.54, 1.807) is 0 Å². The first-order valence-electron chi connectivity index (χ1n) is 3.16. The molecule has 0 aliphatic heterocycles. The Balaban J connectivity index is 2.99. The number of nitrogens with zero attached hydrogens (tertiary/aromatic N) is 1. The van der Waals surface area contributed by atoms with Crippen molar-refractivity contribution in [3.63, 3.8) is 0 Å². The van der Waals surface area contributed by atoms with Crippen LogP contribution in [0.5, 0.6) is 0 Å². The summed E-state index contributed by atoms with van der Waals surface area (Å²) in [6.45, 7) is 0.693. The Labute approximate surface area is 55.6 Å². The van der Waals surface area contributed by atoms with Gasteiger partial charge in [0.2, 0.25) is 0 Å². The van der Waals surface area contributed by atoms with Gasteiger partial charge in [0, 0.05) is 0 Å². The number of hydrogen-bond donors (Lipinski definition) is 2. The van der Waals surface area contributed by atoms with Crippen molar-refractivity contribution in [1.29, 1.82) is 5.26 Å². The summed E-state index contributed by atoms with van der Waals surface area (Å²) >= 11 is 0. The molecule has 0 aromatic rings. The number of rotatable bonds is 4. The Morgan fingerprint density at radius 3 is 2.56 bits per heavy atom. The lowest BCUT2D eigenvalue weighted by molar-refractivity contribution is 0.643. The molecule has 0 aromatic heterocycles. The summed E-state index contributed by atoms with van der Waals surface area (Å²) in [5.41, 5.74) is 10.5. The monoisotopic (exact) mass is 127 g/mol. The molecule has 0 unspecified atom stereocenters. The fourth-order valence-corrected chi connectivity index (χ4v) is 0.573. The summed E-state index contributed by atoms with van der Waals surface area (Å²) in [5, 5.41) is 8.23. The van der Waals surface area contributed by atoms with Gasteiger partial charge >= 0.3 is 0 Å². The molecule has 1 atom stereocenters. The summed E-state index contributed by atoms with van der Waals surface area (Å²) in [7, 11) is 0. The number of nitriles is 1. The van der Waals surface area contributed by atoms with Gasteiger partial charge in [-0.3, -0.25) is 0 Å². The zero-order chi connectivity index (χ0) is 7.11. The van der Waals surface area contributed by atoms with E-state index in [0.717, 1.165) is 19.3 Å². The highest BCUT2D eigenvalue weighted by Gasteiger charge is 1.96. The number of nitrogens with two attached hydrogens (primary N) is 2. The van der Waals surface area contributed by atoms with Crippen LogP contribution in [0.15, 0.2) is 0 Å². The van der Waals surface area contributed by atoms with Gasteiger partial charge in [-0.2, -0.15) is 5.26 Å². The molecular formula is C6H13N3. The minimum Gasteiger partial charge on any atom is -0.330 e. The molecule has 0 saturated heterocycles. The Morgan fingerprint density at radius 2 is 2.11 bits per heavy atom. The molecule has 0 aromatic carbocycles. The molecule has 0 heterocycles. The highest BCUT2D eigenvalue weighted by Crippen LogP contribution is 1.95. The Kier molecular flexibility index (Phi) is 5.18. The molecule has 0 rings (SSSR count). The van der Waals surface area contributed by atoms with Crippen LogP contribution in [0.1, 0.15) is 19.3 Å². The summed E-state index contributed by atoms with van der Waals surface area (Å²) < 4.78 is 0. The van der Waals surface area contributed by atoms with Gasteiger partial charge in [-0.25, -0.2) is 0 Å². The van der Waals surface area contributed by atoms with Gasteiger partial charge in [0.1, 0.15) is 0 Å². The quantitative estimate of drug-likeness (QED) is 0.520. The molecule has 3 heteroatoms. The van der Waals surface area contributed by atoms with E-state index in [-0.39, 0.29) is 6.04 Å². The van der Waals surface area contributed by atoms with Gasteiger partial charge < -0.3 is 11.5 Å². The van der Waals surface area contributed by atoms with Crippen molar-refractivity contribution in [2.45, 2.75) is 25.3 Å². The van der Waals surface area contributed by atoms with Crippen molar-refractivity contribution in [2.24, 2.45) is 11.5 Å². The molecule has 0 aliphatic rings. The van der Waals surface area contributed by atoms with Crippen molar-refractivity contribution < 1.29 is 0 Å². The van der Waals surface area contributed by atoms with Crippen LogP contribution in [0.25, 0.3) is 0 Å². The summed E-state index contributed by atoms with van der Waals surface area (Å²) in [6, 6.07) is 1.67. The van der Waals surface area contributed by atoms with E-state index in [9.17, 15) is 0 Å². The minimum atomic E-state index is -0.295. The van der Waals surface area contributed by atoms with Crippen LogP contribution >= 0.6 is 0 Å². The smallest absolute Gasteiger partial charge is 0.0928 e. The standard InChI is InChI=1S/C6H13N3/c7-4-2-1-3-6(9)5-8/h6H,1-4,7,9H2/t6-/m0/s1. The third kappa shape index (κ3) is 5.28. The normalized spacial score (nSPS) is 12.6. The van der Waals surface area contributed by atoms with Crippen molar-refractivity contribution >= 4 is 0 Å². The van der Waals surface area contributed by atoms with Crippen molar-refractivity contribution in [3.05, 3.63) is 0 Å². The third-order valence-corrected chi connectivity index (χ3v) is 1.14. The van der Waals surface area contributed by atoms with Gasteiger partial charge in [0.15, 0.2) is 0 Å². The summed E-state index contributed by atoms with van der Waals surface area (Å²) in [5.74, 6) is 0. The lowest BCUT2D eigenvalue weighted by atomic mass is 10.1. The first kappa shape index (κ1) is 8.41. The molecule has 0 saturated carbocycles. The van der Waals surface area contributed by atoms with Crippen LogP contribution in [-0.2, 0) is 0 Å². The molecule has 9 heavy (non-hydrogen) atoms. The predicted octanol–water partition coefficient (Wildman–Crippen LogP) is -0.0337. The van der Waals surface area contributed by atoms with Crippen molar-refractivity contribution in [1.82, 2.24) is 0 Å². The highest BCUT2D eigenvalue weighted by atomic mass is 14.6. The topological polar surface area (TPSA) is 75.8 Å². The van der Waals surface area contributed by atoms with Crippen molar-refractivity contribution in [2.75, 3.05) is 6.54 Å². The molecule has 0 aliphatic carbocycles. The highest BCUT2D eigenvalue weighted by molar-refractivity contribution is 4.85. The zero-order valence-corrected chi connectivity index (χ0v) is 5.51.